The Labute approximate surface area is 192 Å². The predicted octanol–water partition coefficient (Wildman–Crippen LogP) is 9.61. The van der Waals surface area contributed by atoms with Gasteiger partial charge < -0.3 is 0 Å². The average molecular weight is 429 g/mol. The van der Waals surface area contributed by atoms with Crippen LogP contribution in [0.2, 0.25) is 0 Å². The normalized spacial score (nSPS) is 13.3. The van der Waals surface area contributed by atoms with E-state index < -0.39 is 0 Å². The summed E-state index contributed by atoms with van der Waals surface area (Å²) in [4.78, 5) is 0. The molecule has 0 saturated heterocycles. The number of hydrogen-bond acceptors (Lipinski definition) is 1. The van der Waals surface area contributed by atoms with Crippen molar-refractivity contribution < 1.29 is 0 Å². The summed E-state index contributed by atoms with van der Waals surface area (Å²) in [6, 6.07) is 20.9. The monoisotopic (exact) mass is 428 g/mol. The zero-order valence-electron chi connectivity index (χ0n) is 20.6. The Kier molecular flexibility index (Phi) is 5.13. The molecule has 1 aromatic heterocycles. The summed E-state index contributed by atoms with van der Waals surface area (Å²) in [5.41, 5.74) is 7.31. The van der Waals surface area contributed by atoms with Gasteiger partial charge in [-0.05, 0) is 44.1 Å². The van der Waals surface area contributed by atoms with Crippen LogP contribution in [0.4, 0.5) is 0 Å². The van der Waals surface area contributed by atoms with Crippen molar-refractivity contribution in [3.05, 3.63) is 71.3 Å². The lowest BCUT2D eigenvalue weighted by Crippen LogP contribution is -2.16. The molecule has 0 aliphatic rings. The molecule has 162 valence electrons. The van der Waals surface area contributed by atoms with Crippen LogP contribution in [0.5, 0.6) is 0 Å². The fourth-order valence-corrected chi connectivity index (χ4v) is 5.85. The van der Waals surface area contributed by atoms with E-state index in [2.05, 4.69) is 117 Å². The zero-order valence-corrected chi connectivity index (χ0v) is 21.4. The lowest BCUT2D eigenvalue weighted by atomic mass is 9.79. The molecule has 4 aromatic rings. The van der Waals surface area contributed by atoms with Crippen molar-refractivity contribution in [2.45, 2.75) is 78.6 Å². The lowest BCUT2D eigenvalue weighted by Gasteiger charge is -2.26. The zero-order chi connectivity index (χ0) is 22.8. The molecule has 0 radical (unpaired) electrons. The summed E-state index contributed by atoms with van der Waals surface area (Å²) >= 11 is 1.96. The highest BCUT2D eigenvalue weighted by Gasteiger charge is 2.23. The van der Waals surface area contributed by atoms with Crippen LogP contribution >= 0.6 is 11.3 Å². The predicted molar refractivity (Wildman–Crippen MR) is 141 cm³/mol. The minimum absolute atomic E-state index is 0.115. The van der Waals surface area contributed by atoms with Gasteiger partial charge in [0, 0.05) is 20.2 Å². The third kappa shape index (κ3) is 4.05. The highest BCUT2D eigenvalue weighted by molar-refractivity contribution is 7.26. The molecule has 0 aliphatic heterocycles. The van der Waals surface area contributed by atoms with E-state index in [0.717, 1.165) is 0 Å². The van der Waals surface area contributed by atoms with Crippen LogP contribution in [0.25, 0.3) is 31.3 Å². The molecular weight excluding hydrogens is 392 g/mol. The number of rotatable bonds is 1. The van der Waals surface area contributed by atoms with Gasteiger partial charge in [-0.25, -0.2) is 0 Å². The summed E-state index contributed by atoms with van der Waals surface area (Å²) in [7, 11) is 0. The Morgan fingerprint density at radius 1 is 0.548 bits per heavy atom. The van der Waals surface area contributed by atoms with Crippen LogP contribution in [0.15, 0.2) is 54.6 Å². The minimum atomic E-state index is 0.115. The Morgan fingerprint density at radius 2 is 1.06 bits per heavy atom. The number of thiophene rings is 1. The molecule has 1 heterocycles. The maximum Gasteiger partial charge on any atom is 0.0433 e. The second-order valence-electron chi connectivity index (χ2n) is 12.0. The summed E-state index contributed by atoms with van der Waals surface area (Å²) in [5.74, 6) is 0. The Balaban J connectivity index is 2.05. The Hall–Kier alpha value is -2.12. The molecule has 0 nitrogen and oxygen atoms in total. The SMILES string of the molecule is CC(C)(C)c1cc(-c2cccc3c2sc2c(C(C)(C)C)cccc23)cc(C(C)(C)C)c1. The molecule has 3 aromatic carbocycles. The topological polar surface area (TPSA) is 0 Å². The summed E-state index contributed by atoms with van der Waals surface area (Å²) in [6.45, 7) is 20.8. The smallest absolute Gasteiger partial charge is 0.0433 e. The van der Waals surface area contributed by atoms with Gasteiger partial charge in [-0.15, -0.1) is 11.3 Å². The van der Waals surface area contributed by atoms with Crippen molar-refractivity contribution in [1.29, 1.82) is 0 Å². The largest absolute Gasteiger partial charge is 0.134 e. The fraction of sp³-hybridized carbons (Fsp3) is 0.400. The van der Waals surface area contributed by atoms with E-state index in [1.807, 2.05) is 11.3 Å². The minimum Gasteiger partial charge on any atom is -0.134 e. The third-order valence-electron chi connectivity index (χ3n) is 6.31. The summed E-state index contributed by atoms with van der Waals surface area (Å²) in [6.07, 6.45) is 0. The lowest BCUT2D eigenvalue weighted by molar-refractivity contribution is 0.569. The van der Waals surface area contributed by atoms with Crippen molar-refractivity contribution in [3.8, 4) is 11.1 Å². The van der Waals surface area contributed by atoms with Gasteiger partial charge in [0.1, 0.15) is 0 Å². The highest BCUT2D eigenvalue weighted by Crippen LogP contribution is 2.44. The maximum absolute atomic E-state index is 2.42. The van der Waals surface area contributed by atoms with Crippen molar-refractivity contribution in [2.75, 3.05) is 0 Å². The molecule has 0 aliphatic carbocycles. The van der Waals surface area contributed by atoms with Crippen molar-refractivity contribution >= 4 is 31.5 Å². The molecule has 0 saturated carbocycles. The van der Waals surface area contributed by atoms with Crippen LogP contribution in [-0.4, -0.2) is 0 Å². The molecule has 0 atom stereocenters. The quantitative estimate of drug-likeness (QED) is 0.283. The molecule has 1 heteroatoms. The first-order chi connectivity index (χ1) is 14.3. The van der Waals surface area contributed by atoms with Gasteiger partial charge in [0.25, 0.3) is 0 Å². The van der Waals surface area contributed by atoms with E-state index in [0.29, 0.717) is 0 Å². The Bertz CT molecular complexity index is 1230. The molecule has 0 spiro atoms. The van der Waals surface area contributed by atoms with E-state index in [-0.39, 0.29) is 16.2 Å². The second kappa shape index (κ2) is 7.20. The van der Waals surface area contributed by atoms with Gasteiger partial charge in [0.2, 0.25) is 0 Å². The van der Waals surface area contributed by atoms with E-state index in [1.54, 1.807) is 0 Å². The molecule has 31 heavy (non-hydrogen) atoms. The number of benzene rings is 3. The molecule has 0 bridgehead atoms. The first kappa shape index (κ1) is 22.1. The summed E-state index contributed by atoms with van der Waals surface area (Å²) < 4.78 is 2.83. The molecule has 4 rings (SSSR count). The fourth-order valence-electron chi connectivity index (χ4n) is 4.29. The molecule has 0 fully saturated rings. The molecule has 0 amide bonds. The third-order valence-corrected chi connectivity index (χ3v) is 7.60. The molecule has 0 N–H and O–H groups in total. The first-order valence-electron chi connectivity index (χ1n) is 11.4. The van der Waals surface area contributed by atoms with Crippen molar-refractivity contribution in [1.82, 2.24) is 0 Å². The van der Waals surface area contributed by atoms with Crippen LogP contribution in [0.1, 0.15) is 79.0 Å². The highest BCUT2D eigenvalue weighted by atomic mass is 32.1. The van der Waals surface area contributed by atoms with E-state index in [1.165, 1.54) is 48.0 Å². The van der Waals surface area contributed by atoms with Gasteiger partial charge in [0.05, 0.1) is 0 Å². The standard InChI is InChI=1S/C30H36S/c1-28(2,3)20-16-19(17-21(18-20)29(4,5)6)22-12-10-13-23-24-14-11-15-25(30(7,8)9)27(24)31-26(22)23/h10-18H,1-9H3. The van der Waals surface area contributed by atoms with Crippen molar-refractivity contribution in [3.63, 3.8) is 0 Å². The van der Waals surface area contributed by atoms with Gasteiger partial charge in [-0.3, -0.25) is 0 Å². The van der Waals surface area contributed by atoms with E-state index >= 15 is 0 Å². The van der Waals surface area contributed by atoms with Gasteiger partial charge in [-0.2, -0.15) is 0 Å². The van der Waals surface area contributed by atoms with Crippen LogP contribution < -0.4 is 0 Å². The van der Waals surface area contributed by atoms with Gasteiger partial charge >= 0.3 is 0 Å². The second-order valence-corrected chi connectivity index (χ2v) is 13.0. The first-order valence-corrected chi connectivity index (χ1v) is 12.2. The average Bonchev–Trinajstić information content (AvgIpc) is 3.04. The van der Waals surface area contributed by atoms with Crippen LogP contribution in [-0.2, 0) is 16.2 Å². The molecule has 0 unspecified atom stereocenters. The van der Waals surface area contributed by atoms with Crippen LogP contribution in [0, 0.1) is 0 Å². The Morgan fingerprint density at radius 3 is 1.58 bits per heavy atom. The maximum atomic E-state index is 2.42. The van der Waals surface area contributed by atoms with E-state index in [9.17, 15) is 0 Å². The van der Waals surface area contributed by atoms with E-state index in [4.69, 9.17) is 0 Å². The number of hydrogen-bond donors (Lipinski definition) is 0. The van der Waals surface area contributed by atoms with Gasteiger partial charge in [-0.1, -0.05) is 117 Å². The van der Waals surface area contributed by atoms with Crippen molar-refractivity contribution in [2.24, 2.45) is 0 Å². The summed E-state index contributed by atoms with van der Waals surface area (Å²) in [5, 5.41) is 2.76. The van der Waals surface area contributed by atoms with Gasteiger partial charge in [0.15, 0.2) is 0 Å². The number of fused-ring (bicyclic) bond motifs is 3. The van der Waals surface area contributed by atoms with Crippen LogP contribution in [0.3, 0.4) is 0 Å². The molecular formula is C30H36S.